The summed E-state index contributed by atoms with van der Waals surface area (Å²) in [5, 5.41) is 9.15. The van der Waals surface area contributed by atoms with Crippen LogP contribution in [0.1, 0.15) is 18.2 Å². The lowest BCUT2D eigenvalue weighted by atomic mass is 10.2. The van der Waals surface area contributed by atoms with E-state index in [1.165, 1.54) is 5.56 Å². The fraction of sp³-hybridized carbons (Fsp3) is 0.643. The van der Waals surface area contributed by atoms with Crippen molar-refractivity contribution in [2.75, 3.05) is 32.8 Å². The number of piperazine rings is 1. The van der Waals surface area contributed by atoms with Gasteiger partial charge in [-0.05, 0) is 25.5 Å². The molecular formula is C14H23N3O. The number of hydrogen-bond acceptors (Lipinski definition) is 4. The zero-order valence-corrected chi connectivity index (χ0v) is 11.3. The average Bonchev–Trinajstić information content (AvgIpc) is 2.41. The number of aliphatic hydroxyl groups is 1. The summed E-state index contributed by atoms with van der Waals surface area (Å²) in [4.78, 5) is 9.13. The lowest BCUT2D eigenvalue weighted by molar-refractivity contribution is 0.0702. The van der Waals surface area contributed by atoms with Crippen LogP contribution >= 0.6 is 0 Å². The minimum absolute atomic E-state index is 0.252. The first-order valence-corrected chi connectivity index (χ1v) is 6.68. The summed E-state index contributed by atoms with van der Waals surface area (Å²) in [6.45, 7) is 9.55. The number of aliphatic hydroxyl groups excluding tert-OH is 1. The molecule has 0 aliphatic carbocycles. The molecule has 1 aliphatic rings. The van der Waals surface area contributed by atoms with Crippen LogP contribution < -0.4 is 0 Å². The molecule has 1 aromatic heterocycles. The van der Waals surface area contributed by atoms with E-state index in [1.807, 2.05) is 13.1 Å². The maximum atomic E-state index is 9.15. The number of pyridine rings is 1. The average molecular weight is 249 g/mol. The van der Waals surface area contributed by atoms with Gasteiger partial charge in [0.2, 0.25) is 0 Å². The van der Waals surface area contributed by atoms with Gasteiger partial charge in [0, 0.05) is 50.7 Å². The van der Waals surface area contributed by atoms with Gasteiger partial charge in [0.25, 0.3) is 0 Å². The minimum atomic E-state index is 0.252. The van der Waals surface area contributed by atoms with E-state index in [-0.39, 0.29) is 12.6 Å². The highest BCUT2D eigenvalue weighted by molar-refractivity contribution is 5.13. The molecule has 1 atom stereocenters. The lowest BCUT2D eigenvalue weighted by Gasteiger charge is -2.37. The Morgan fingerprint density at radius 3 is 2.56 bits per heavy atom. The molecule has 4 nitrogen and oxygen atoms in total. The Hall–Kier alpha value is -0.970. The van der Waals surface area contributed by atoms with Crippen molar-refractivity contribution in [1.82, 2.24) is 14.8 Å². The molecule has 0 unspecified atom stereocenters. The van der Waals surface area contributed by atoms with E-state index in [0.717, 1.165) is 38.4 Å². The standard InChI is InChI=1S/C14H23N3O/c1-12-3-4-14(9-15-12)10-16-5-7-17(8-6-16)13(2)11-18/h3-4,9,13,18H,5-8,10-11H2,1-2H3/t13-/m0/s1. The van der Waals surface area contributed by atoms with Crippen LogP contribution in [0.2, 0.25) is 0 Å². The van der Waals surface area contributed by atoms with E-state index in [4.69, 9.17) is 5.11 Å². The number of rotatable bonds is 4. The van der Waals surface area contributed by atoms with E-state index >= 15 is 0 Å². The number of aromatic nitrogens is 1. The second kappa shape index (κ2) is 6.27. The molecule has 2 heterocycles. The first kappa shape index (κ1) is 13.5. The molecule has 0 radical (unpaired) electrons. The van der Waals surface area contributed by atoms with Gasteiger partial charge in [0.05, 0.1) is 6.61 Å². The van der Waals surface area contributed by atoms with Crippen LogP contribution in [0.5, 0.6) is 0 Å². The van der Waals surface area contributed by atoms with Crippen LogP contribution in [-0.2, 0) is 6.54 Å². The Morgan fingerprint density at radius 1 is 1.28 bits per heavy atom. The second-order valence-corrected chi connectivity index (χ2v) is 5.15. The zero-order valence-electron chi connectivity index (χ0n) is 11.3. The summed E-state index contributed by atoms with van der Waals surface area (Å²) in [5.74, 6) is 0. The molecule has 1 N–H and O–H groups in total. The van der Waals surface area contributed by atoms with Gasteiger partial charge in [0.1, 0.15) is 0 Å². The monoisotopic (exact) mass is 249 g/mol. The van der Waals surface area contributed by atoms with Crippen molar-refractivity contribution in [3.8, 4) is 0 Å². The van der Waals surface area contributed by atoms with E-state index < -0.39 is 0 Å². The van der Waals surface area contributed by atoms with Gasteiger partial charge in [0.15, 0.2) is 0 Å². The van der Waals surface area contributed by atoms with Crippen molar-refractivity contribution in [2.45, 2.75) is 26.4 Å². The molecule has 0 amide bonds. The summed E-state index contributed by atoms with van der Waals surface area (Å²) in [6, 6.07) is 4.51. The van der Waals surface area contributed by atoms with Gasteiger partial charge < -0.3 is 5.11 Å². The Balaban J connectivity index is 1.81. The first-order chi connectivity index (χ1) is 8.69. The Labute approximate surface area is 109 Å². The summed E-state index contributed by atoms with van der Waals surface area (Å²) in [5.41, 5.74) is 2.35. The number of nitrogens with zero attached hydrogens (tertiary/aromatic N) is 3. The van der Waals surface area contributed by atoms with Gasteiger partial charge in [-0.3, -0.25) is 14.8 Å². The molecule has 0 spiro atoms. The van der Waals surface area contributed by atoms with Crippen molar-refractivity contribution >= 4 is 0 Å². The van der Waals surface area contributed by atoms with Crippen molar-refractivity contribution in [2.24, 2.45) is 0 Å². The Bertz CT molecular complexity index is 358. The minimum Gasteiger partial charge on any atom is -0.395 e. The Morgan fingerprint density at radius 2 is 2.00 bits per heavy atom. The molecule has 1 aliphatic heterocycles. The number of aryl methyl sites for hydroxylation is 1. The van der Waals surface area contributed by atoms with Crippen LogP contribution in [0, 0.1) is 6.92 Å². The zero-order chi connectivity index (χ0) is 13.0. The molecule has 1 fully saturated rings. The van der Waals surface area contributed by atoms with Crippen LogP contribution in [0.15, 0.2) is 18.3 Å². The smallest absolute Gasteiger partial charge is 0.0584 e. The predicted octanol–water partition coefficient (Wildman–Crippen LogP) is 0.888. The molecule has 0 aromatic carbocycles. The van der Waals surface area contributed by atoms with Gasteiger partial charge in [-0.2, -0.15) is 0 Å². The van der Waals surface area contributed by atoms with Crippen LogP contribution in [0.3, 0.4) is 0 Å². The molecule has 4 heteroatoms. The third kappa shape index (κ3) is 3.51. The maximum Gasteiger partial charge on any atom is 0.0584 e. The SMILES string of the molecule is Cc1ccc(CN2CCN([C@@H](C)CO)CC2)cn1. The fourth-order valence-electron chi connectivity index (χ4n) is 2.33. The van der Waals surface area contributed by atoms with Gasteiger partial charge in [-0.1, -0.05) is 6.07 Å². The topological polar surface area (TPSA) is 39.6 Å². The molecule has 1 aromatic rings. The highest BCUT2D eigenvalue weighted by Crippen LogP contribution is 2.10. The third-order valence-electron chi connectivity index (χ3n) is 3.67. The molecule has 0 bridgehead atoms. The summed E-state index contributed by atoms with van der Waals surface area (Å²) in [7, 11) is 0. The lowest BCUT2D eigenvalue weighted by Crippen LogP contribution is -2.50. The normalized spacial score (nSPS) is 19.9. The van der Waals surface area contributed by atoms with Gasteiger partial charge in [-0.25, -0.2) is 0 Å². The molecular weight excluding hydrogens is 226 g/mol. The molecule has 18 heavy (non-hydrogen) atoms. The fourth-order valence-corrected chi connectivity index (χ4v) is 2.33. The quantitative estimate of drug-likeness (QED) is 0.860. The molecule has 2 rings (SSSR count). The summed E-state index contributed by atoms with van der Waals surface area (Å²) >= 11 is 0. The van der Waals surface area contributed by atoms with E-state index in [0.29, 0.717) is 0 Å². The van der Waals surface area contributed by atoms with Crippen molar-refractivity contribution in [3.63, 3.8) is 0 Å². The van der Waals surface area contributed by atoms with E-state index in [1.54, 1.807) is 0 Å². The maximum absolute atomic E-state index is 9.15. The highest BCUT2D eigenvalue weighted by atomic mass is 16.3. The van der Waals surface area contributed by atoms with E-state index in [9.17, 15) is 0 Å². The van der Waals surface area contributed by atoms with Crippen molar-refractivity contribution in [1.29, 1.82) is 0 Å². The van der Waals surface area contributed by atoms with Crippen LogP contribution in [0.4, 0.5) is 0 Å². The highest BCUT2D eigenvalue weighted by Gasteiger charge is 2.20. The first-order valence-electron chi connectivity index (χ1n) is 6.68. The number of hydrogen-bond donors (Lipinski definition) is 1. The van der Waals surface area contributed by atoms with Gasteiger partial charge >= 0.3 is 0 Å². The molecule has 0 saturated carbocycles. The van der Waals surface area contributed by atoms with Crippen molar-refractivity contribution < 1.29 is 5.11 Å². The summed E-state index contributed by atoms with van der Waals surface area (Å²) < 4.78 is 0. The third-order valence-corrected chi connectivity index (χ3v) is 3.67. The Kier molecular flexibility index (Phi) is 4.69. The van der Waals surface area contributed by atoms with Crippen molar-refractivity contribution in [3.05, 3.63) is 29.6 Å². The predicted molar refractivity (Wildman–Crippen MR) is 72.4 cm³/mol. The summed E-state index contributed by atoms with van der Waals surface area (Å²) in [6.07, 6.45) is 1.97. The molecule has 100 valence electrons. The largest absolute Gasteiger partial charge is 0.395 e. The van der Waals surface area contributed by atoms with E-state index in [2.05, 4.69) is 33.8 Å². The van der Waals surface area contributed by atoms with Gasteiger partial charge in [-0.15, -0.1) is 0 Å². The van der Waals surface area contributed by atoms with Crippen LogP contribution in [-0.4, -0.2) is 58.7 Å². The van der Waals surface area contributed by atoms with Crippen LogP contribution in [0.25, 0.3) is 0 Å². The molecule has 1 saturated heterocycles. The second-order valence-electron chi connectivity index (χ2n) is 5.15.